The second-order valence-electron chi connectivity index (χ2n) is 10.2. The molecular formula is C31H31Cl2N7O. The fraction of sp³-hybridized carbons (Fsp3) is 0.258. The largest absolute Gasteiger partial charge is 0.390 e. The van der Waals surface area contributed by atoms with E-state index in [9.17, 15) is 5.11 Å². The van der Waals surface area contributed by atoms with Crippen LogP contribution in [-0.2, 0) is 0 Å². The topological polar surface area (TPSA) is 73.6 Å². The van der Waals surface area contributed by atoms with Crippen molar-refractivity contribution < 1.29 is 5.11 Å². The lowest BCUT2D eigenvalue weighted by molar-refractivity contribution is 0.0572. The molecule has 1 saturated heterocycles. The molecule has 5 aromatic rings. The fourth-order valence-corrected chi connectivity index (χ4v) is 6.12. The van der Waals surface area contributed by atoms with Crippen LogP contribution < -0.4 is 9.80 Å². The SMILES string of the molecule is CC(O)C(N1CCN(c2cccc(Cl)c2Cl)CC1)N(C)c1ncnc2c1nc(-c1ccccc1)n2-c1ccccc1. The molecular weight excluding hydrogens is 557 g/mol. The van der Waals surface area contributed by atoms with Gasteiger partial charge in [0.25, 0.3) is 0 Å². The predicted octanol–water partition coefficient (Wildman–Crippen LogP) is 5.75. The van der Waals surface area contributed by atoms with Crippen LogP contribution in [0.15, 0.2) is 85.2 Å². The summed E-state index contributed by atoms with van der Waals surface area (Å²) >= 11 is 12.8. The molecule has 6 rings (SSSR count). The smallest absolute Gasteiger partial charge is 0.170 e. The zero-order valence-electron chi connectivity index (χ0n) is 22.9. The van der Waals surface area contributed by atoms with Crippen molar-refractivity contribution >= 4 is 45.9 Å². The number of likely N-dealkylation sites (N-methyl/N-ethyl adjacent to an activating group) is 1. The lowest BCUT2D eigenvalue weighted by atomic mass is 10.2. The average molecular weight is 589 g/mol. The summed E-state index contributed by atoms with van der Waals surface area (Å²) in [7, 11) is 1.96. The Kier molecular flexibility index (Phi) is 7.81. The van der Waals surface area contributed by atoms with Crippen molar-refractivity contribution in [1.29, 1.82) is 0 Å². The summed E-state index contributed by atoms with van der Waals surface area (Å²) in [6.45, 7) is 4.77. The van der Waals surface area contributed by atoms with Gasteiger partial charge in [0.15, 0.2) is 17.0 Å². The van der Waals surface area contributed by atoms with Gasteiger partial charge in [0, 0.05) is 44.5 Å². The Balaban J connectivity index is 1.35. The van der Waals surface area contributed by atoms with Crippen molar-refractivity contribution in [2.45, 2.75) is 19.2 Å². The summed E-state index contributed by atoms with van der Waals surface area (Å²) in [5.74, 6) is 1.44. The van der Waals surface area contributed by atoms with E-state index in [1.807, 2.05) is 91.7 Å². The van der Waals surface area contributed by atoms with Crippen LogP contribution in [0.25, 0.3) is 28.2 Å². The minimum absolute atomic E-state index is 0.327. The van der Waals surface area contributed by atoms with Crippen LogP contribution in [0.5, 0.6) is 0 Å². The van der Waals surface area contributed by atoms with Crippen LogP contribution in [0.1, 0.15) is 6.92 Å². The number of halogens is 2. The number of para-hydroxylation sites is 1. The van der Waals surface area contributed by atoms with Gasteiger partial charge in [-0.15, -0.1) is 0 Å². The first-order chi connectivity index (χ1) is 19.9. The van der Waals surface area contributed by atoms with Crippen LogP contribution in [0.3, 0.4) is 0 Å². The van der Waals surface area contributed by atoms with Gasteiger partial charge in [0.05, 0.1) is 21.8 Å². The molecule has 8 nitrogen and oxygen atoms in total. The Bertz CT molecular complexity index is 1640. The van der Waals surface area contributed by atoms with Gasteiger partial charge in [-0.25, -0.2) is 15.0 Å². The third-order valence-electron chi connectivity index (χ3n) is 7.59. The zero-order valence-corrected chi connectivity index (χ0v) is 24.4. The fourth-order valence-electron chi connectivity index (χ4n) is 5.70. The van der Waals surface area contributed by atoms with E-state index in [4.69, 9.17) is 28.2 Å². The van der Waals surface area contributed by atoms with E-state index < -0.39 is 6.10 Å². The maximum atomic E-state index is 11.0. The first-order valence-electron chi connectivity index (χ1n) is 13.6. The number of rotatable bonds is 7. The molecule has 1 N–H and O–H groups in total. The summed E-state index contributed by atoms with van der Waals surface area (Å²) in [6.07, 6.45) is 0.589. The van der Waals surface area contributed by atoms with Crippen molar-refractivity contribution in [3.63, 3.8) is 0 Å². The molecule has 0 saturated carbocycles. The zero-order chi connectivity index (χ0) is 28.5. The monoisotopic (exact) mass is 587 g/mol. The molecule has 1 fully saturated rings. The van der Waals surface area contributed by atoms with Gasteiger partial charge in [-0.1, -0.05) is 77.8 Å². The number of nitrogens with zero attached hydrogens (tertiary/aromatic N) is 7. The van der Waals surface area contributed by atoms with Crippen molar-refractivity contribution in [2.24, 2.45) is 0 Å². The molecule has 2 aromatic heterocycles. The Hall–Kier alpha value is -3.69. The standard InChI is InChI=1S/C31H31Cl2N7O/c1-21(41)31(39-18-16-38(17-19-39)25-15-9-14-24(32)26(25)33)37(2)29-27-30(35-20-34-29)40(23-12-7-4-8-13-23)28(36-27)22-10-5-3-6-11-22/h3-15,20-21,31,41H,16-19H2,1-2H3. The number of hydrogen-bond donors (Lipinski definition) is 1. The number of benzene rings is 3. The number of aliphatic hydroxyl groups excluding tert-OH is 1. The van der Waals surface area contributed by atoms with Crippen molar-refractivity contribution in [2.75, 3.05) is 43.0 Å². The van der Waals surface area contributed by atoms with Crippen LogP contribution in [0, 0.1) is 0 Å². The first-order valence-corrected chi connectivity index (χ1v) is 14.4. The summed E-state index contributed by atoms with van der Waals surface area (Å²) in [5.41, 5.74) is 4.25. The summed E-state index contributed by atoms with van der Waals surface area (Å²) in [6, 6.07) is 25.9. The Morgan fingerprint density at radius 1 is 0.854 bits per heavy atom. The van der Waals surface area contributed by atoms with E-state index in [0.29, 0.717) is 27.0 Å². The molecule has 10 heteroatoms. The highest BCUT2D eigenvalue weighted by Crippen LogP contribution is 2.35. The van der Waals surface area contributed by atoms with Crippen molar-refractivity contribution in [3.8, 4) is 17.1 Å². The van der Waals surface area contributed by atoms with E-state index in [2.05, 4.69) is 24.3 Å². The molecule has 41 heavy (non-hydrogen) atoms. The normalized spacial score (nSPS) is 15.7. The van der Waals surface area contributed by atoms with Crippen LogP contribution in [0.4, 0.5) is 11.5 Å². The maximum Gasteiger partial charge on any atom is 0.170 e. The van der Waals surface area contributed by atoms with Crippen molar-refractivity contribution in [1.82, 2.24) is 24.4 Å². The molecule has 2 unspecified atom stereocenters. The number of piperazine rings is 1. The van der Waals surface area contributed by atoms with E-state index >= 15 is 0 Å². The molecule has 210 valence electrons. The Labute approximate surface area is 249 Å². The minimum atomic E-state index is -0.656. The minimum Gasteiger partial charge on any atom is -0.390 e. The maximum absolute atomic E-state index is 11.0. The highest BCUT2D eigenvalue weighted by Gasteiger charge is 2.33. The van der Waals surface area contributed by atoms with Gasteiger partial charge in [0.1, 0.15) is 18.3 Å². The van der Waals surface area contributed by atoms with E-state index in [1.54, 1.807) is 12.4 Å². The summed E-state index contributed by atoms with van der Waals surface area (Å²) in [4.78, 5) is 21.0. The molecule has 2 atom stereocenters. The molecule has 0 bridgehead atoms. The van der Waals surface area contributed by atoms with E-state index in [-0.39, 0.29) is 6.17 Å². The number of imidazole rings is 1. The first kappa shape index (κ1) is 27.5. The molecule has 1 aliphatic rings. The van der Waals surface area contributed by atoms with Gasteiger partial charge in [-0.3, -0.25) is 9.47 Å². The highest BCUT2D eigenvalue weighted by atomic mass is 35.5. The molecule has 0 radical (unpaired) electrons. The van der Waals surface area contributed by atoms with Crippen LogP contribution in [-0.4, -0.2) is 75.0 Å². The second kappa shape index (κ2) is 11.7. The van der Waals surface area contributed by atoms with Gasteiger partial charge >= 0.3 is 0 Å². The predicted molar refractivity (Wildman–Crippen MR) is 166 cm³/mol. The van der Waals surface area contributed by atoms with Gasteiger partial charge in [0.2, 0.25) is 0 Å². The number of aliphatic hydroxyl groups is 1. The average Bonchev–Trinajstić information content (AvgIpc) is 3.40. The quantitative estimate of drug-likeness (QED) is 0.260. The number of aromatic nitrogens is 4. The molecule has 1 aliphatic heterocycles. The summed E-state index contributed by atoms with van der Waals surface area (Å²) < 4.78 is 2.06. The number of anilines is 2. The van der Waals surface area contributed by atoms with E-state index in [1.165, 1.54) is 0 Å². The van der Waals surface area contributed by atoms with Gasteiger partial charge in [-0.2, -0.15) is 0 Å². The van der Waals surface area contributed by atoms with E-state index in [0.717, 1.165) is 48.9 Å². The Morgan fingerprint density at radius 3 is 2.22 bits per heavy atom. The van der Waals surface area contributed by atoms with Gasteiger partial charge in [-0.05, 0) is 31.2 Å². The lowest BCUT2D eigenvalue weighted by Crippen LogP contribution is -2.59. The molecule has 3 aromatic carbocycles. The molecule has 0 spiro atoms. The third-order valence-corrected chi connectivity index (χ3v) is 8.40. The third kappa shape index (κ3) is 5.24. The summed E-state index contributed by atoms with van der Waals surface area (Å²) in [5, 5.41) is 12.2. The second-order valence-corrected chi connectivity index (χ2v) is 11.0. The molecule has 0 aliphatic carbocycles. The van der Waals surface area contributed by atoms with Crippen LogP contribution >= 0.6 is 23.2 Å². The van der Waals surface area contributed by atoms with Crippen molar-refractivity contribution in [3.05, 3.63) is 95.2 Å². The lowest BCUT2D eigenvalue weighted by Gasteiger charge is -2.44. The Morgan fingerprint density at radius 2 is 1.54 bits per heavy atom. The highest BCUT2D eigenvalue weighted by molar-refractivity contribution is 6.43. The molecule has 3 heterocycles. The van der Waals surface area contributed by atoms with Gasteiger partial charge < -0.3 is 14.9 Å². The molecule has 0 amide bonds. The number of fused-ring (bicyclic) bond motifs is 1. The number of hydrogen-bond acceptors (Lipinski definition) is 7. The van der Waals surface area contributed by atoms with Crippen LogP contribution in [0.2, 0.25) is 10.0 Å².